The second-order valence-corrected chi connectivity index (χ2v) is 9.98. The van der Waals surface area contributed by atoms with Crippen LogP contribution in [-0.2, 0) is 30.3 Å². The molecule has 0 spiro atoms. The summed E-state index contributed by atoms with van der Waals surface area (Å²) in [5, 5.41) is 2.93. The highest BCUT2D eigenvalue weighted by Crippen LogP contribution is 2.41. The molecule has 1 N–H and O–H groups in total. The van der Waals surface area contributed by atoms with Crippen molar-refractivity contribution in [3.8, 4) is 12.3 Å². The van der Waals surface area contributed by atoms with E-state index in [0.717, 1.165) is 0 Å². The van der Waals surface area contributed by atoms with Crippen molar-refractivity contribution < 1.29 is 32.6 Å². The fourth-order valence-corrected chi connectivity index (χ4v) is 4.06. The van der Waals surface area contributed by atoms with E-state index in [4.69, 9.17) is 41.1 Å². The first-order valence-corrected chi connectivity index (χ1v) is 12.6. The molecule has 0 bridgehead atoms. The molecule has 3 atom stereocenters. The van der Waals surface area contributed by atoms with Crippen molar-refractivity contribution in [3.05, 3.63) is 33.7 Å². The maximum atomic E-state index is 12.5. The second-order valence-electron chi connectivity index (χ2n) is 9.64. The lowest BCUT2D eigenvalue weighted by molar-refractivity contribution is -0.170. The van der Waals surface area contributed by atoms with Gasteiger partial charge in [0.1, 0.15) is 24.7 Å². The summed E-state index contributed by atoms with van der Waals surface area (Å²) in [6.07, 6.45) is 5.73. The Morgan fingerprint density at radius 2 is 1.97 bits per heavy atom. The van der Waals surface area contributed by atoms with Crippen molar-refractivity contribution in [2.75, 3.05) is 11.9 Å². The number of halogens is 1. The topological polar surface area (TPSA) is 161 Å². The Kier molecular flexibility index (Phi) is 7.99. The Balaban J connectivity index is 1.65. The van der Waals surface area contributed by atoms with E-state index in [0.29, 0.717) is 16.9 Å². The Bertz CT molecular complexity index is 1490. The van der Waals surface area contributed by atoms with Crippen LogP contribution in [0.3, 0.4) is 0 Å². The number of nitrogens with zero attached hydrogens (tertiary/aromatic N) is 4. The number of hydrogen-bond donors (Lipinski definition) is 1. The van der Waals surface area contributed by atoms with E-state index < -0.39 is 47.5 Å². The number of terminal acetylenes is 1. The van der Waals surface area contributed by atoms with E-state index in [9.17, 15) is 14.4 Å². The molecule has 14 heteroatoms. The largest absolute Gasteiger partial charge is 0.519 e. The SMILES string of the molecule is C#C[C@]1(COC(=O)C(C)C)O[C@@H](n2cnc3c(NCc4oc(=O)oc4C)nc(Cl)nc32)C[C@@H]1OC(=O)C(C)C. The number of aryl methyl sites for hydroxylation is 1. The fourth-order valence-electron chi connectivity index (χ4n) is 3.89. The number of esters is 2. The van der Waals surface area contributed by atoms with Gasteiger partial charge in [-0.25, -0.2) is 9.78 Å². The zero-order valence-electron chi connectivity index (χ0n) is 22.0. The van der Waals surface area contributed by atoms with E-state index in [-0.39, 0.29) is 36.4 Å². The van der Waals surface area contributed by atoms with Crippen molar-refractivity contribution in [1.82, 2.24) is 19.5 Å². The Morgan fingerprint density at radius 3 is 2.59 bits per heavy atom. The number of carbonyl (C=O) groups excluding carboxylic acids is 2. The zero-order chi connectivity index (χ0) is 28.5. The number of hydrogen-bond acceptors (Lipinski definition) is 12. The molecule has 0 unspecified atom stereocenters. The molecule has 0 saturated carbocycles. The fraction of sp³-hybridized carbons (Fsp3) is 0.520. The van der Waals surface area contributed by atoms with Crippen LogP contribution in [0.25, 0.3) is 11.2 Å². The number of aromatic nitrogens is 4. The van der Waals surface area contributed by atoms with Crippen molar-refractivity contribution in [1.29, 1.82) is 0 Å². The minimum Gasteiger partial charge on any atom is -0.461 e. The highest BCUT2D eigenvalue weighted by atomic mass is 35.5. The van der Waals surface area contributed by atoms with Crippen LogP contribution in [0.5, 0.6) is 0 Å². The average Bonchev–Trinajstić information content (AvgIpc) is 3.55. The van der Waals surface area contributed by atoms with Crippen LogP contribution in [0.1, 0.15) is 51.9 Å². The van der Waals surface area contributed by atoms with E-state index in [2.05, 4.69) is 26.2 Å². The van der Waals surface area contributed by atoms with Crippen LogP contribution in [0.15, 0.2) is 20.0 Å². The molecule has 1 saturated heterocycles. The van der Waals surface area contributed by atoms with Crippen LogP contribution in [-0.4, -0.2) is 49.8 Å². The lowest BCUT2D eigenvalue weighted by atomic mass is 9.98. The monoisotopic (exact) mass is 561 g/mol. The standard InChI is InChI=1S/C25H28ClN5O8/c1-7-25(10-35-21(32)12(2)3)16(38-22(33)13(4)5)8-17(39-25)31-11-28-18-19(29-23(26)30-20(18)31)27-9-15-14(6)36-24(34)37-15/h1,11-13,16-17H,8-10H2,2-6H3,(H,27,29,30)/t16-,17+,25+/m0/s1. The van der Waals surface area contributed by atoms with Gasteiger partial charge in [0, 0.05) is 6.42 Å². The molecular weight excluding hydrogens is 534 g/mol. The molecule has 0 aromatic carbocycles. The van der Waals surface area contributed by atoms with Crippen molar-refractivity contribution in [2.24, 2.45) is 11.8 Å². The summed E-state index contributed by atoms with van der Waals surface area (Å²) < 4.78 is 28.8. The van der Waals surface area contributed by atoms with Crippen molar-refractivity contribution >= 4 is 40.5 Å². The quantitative estimate of drug-likeness (QED) is 0.231. The summed E-state index contributed by atoms with van der Waals surface area (Å²) in [4.78, 5) is 49.0. The number of rotatable bonds is 9. The maximum Gasteiger partial charge on any atom is 0.519 e. The lowest BCUT2D eigenvalue weighted by Crippen LogP contribution is -2.46. The van der Waals surface area contributed by atoms with E-state index in [1.807, 2.05) is 0 Å². The number of imidazole rings is 1. The van der Waals surface area contributed by atoms with Crippen LogP contribution >= 0.6 is 11.6 Å². The van der Waals surface area contributed by atoms with Gasteiger partial charge < -0.3 is 28.4 Å². The number of anilines is 1. The summed E-state index contributed by atoms with van der Waals surface area (Å²) >= 11 is 6.21. The zero-order valence-corrected chi connectivity index (χ0v) is 22.8. The Labute approximate surface area is 228 Å². The number of nitrogens with one attached hydrogen (secondary N) is 1. The molecule has 208 valence electrons. The predicted octanol–water partition coefficient (Wildman–Crippen LogP) is 3.00. The van der Waals surface area contributed by atoms with E-state index in [1.54, 1.807) is 39.2 Å². The first-order chi connectivity index (χ1) is 18.4. The van der Waals surface area contributed by atoms with Crippen molar-refractivity contribution in [3.63, 3.8) is 0 Å². The molecule has 0 aliphatic carbocycles. The third kappa shape index (κ3) is 5.76. The third-order valence-corrected chi connectivity index (χ3v) is 6.28. The van der Waals surface area contributed by atoms with Crippen LogP contribution < -0.4 is 11.1 Å². The predicted molar refractivity (Wildman–Crippen MR) is 136 cm³/mol. The van der Waals surface area contributed by atoms with Gasteiger partial charge in [-0.2, -0.15) is 9.97 Å². The van der Waals surface area contributed by atoms with Crippen molar-refractivity contribution in [2.45, 2.75) is 65.5 Å². The van der Waals surface area contributed by atoms with Gasteiger partial charge in [-0.15, -0.1) is 6.42 Å². The van der Waals surface area contributed by atoms with Gasteiger partial charge in [0.15, 0.2) is 22.7 Å². The average molecular weight is 562 g/mol. The second kappa shape index (κ2) is 11.1. The van der Waals surface area contributed by atoms with E-state index >= 15 is 0 Å². The molecule has 1 aliphatic heterocycles. The molecule has 3 aromatic heterocycles. The summed E-state index contributed by atoms with van der Waals surface area (Å²) in [7, 11) is 0. The molecule has 0 amide bonds. The minimum atomic E-state index is -1.55. The lowest BCUT2D eigenvalue weighted by Gasteiger charge is -2.29. The maximum absolute atomic E-state index is 12.5. The van der Waals surface area contributed by atoms with Gasteiger partial charge >= 0.3 is 17.8 Å². The molecular formula is C25H28ClN5O8. The molecule has 0 radical (unpaired) electrons. The van der Waals surface area contributed by atoms with Crippen LogP contribution in [0.2, 0.25) is 5.28 Å². The summed E-state index contributed by atoms with van der Waals surface area (Å²) in [5.41, 5.74) is -0.912. The Morgan fingerprint density at radius 1 is 1.26 bits per heavy atom. The molecule has 1 fully saturated rings. The van der Waals surface area contributed by atoms with Crippen LogP contribution in [0, 0.1) is 31.1 Å². The summed E-state index contributed by atoms with van der Waals surface area (Å²) in [6.45, 7) is 8.10. The highest BCUT2D eigenvalue weighted by Gasteiger charge is 2.52. The van der Waals surface area contributed by atoms with Gasteiger partial charge in [0.2, 0.25) is 10.9 Å². The number of carbonyl (C=O) groups is 2. The molecule has 39 heavy (non-hydrogen) atoms. The van der Waals surface area contributed by atoms with Gasteiger partial charge in [-0.05, 0) is 18.5 Å². The highest BCUT2D eigenvalue weighted by molar-refractivity contribution is 6.28. The first-order valence-electron chi connectivity index (χ1n) is 12.2. The van der Waals surface area contributed by atoms with Crippen LogP contribution in [0.4, 0.5) is 5.82 Å². The number of ether oxygens (including phenoxy) is 3. The van der Waals surface area contributed by atoms with Gasteiger partial charge in [-0.3, -0.25) is 14.2 Å². The number of fused-ring (bicyclic) bond motifs is 1. The van der Waals surface area contributed by atoms with Gasteiger partial charge in [0.05, 0.1) is 24.7 Å². The first kappa shape index (κ1) is 28.1. The molecule has 4 rings (SSSR count). The summed E-state index contributed by atoms with van der Waals surface area (Å²) in [6, 6.07) is 0. The minimum absolute atomic E-state index is 0.0709. The van der Waals surface area contributed by atoms with Gasteiger partial charge in [-0.1, -0.05) is 33.6 Å². The molecule has 3 aromatic rings. The third-order valence-electron chi connectivity index (χ3n) is 6.11. The smallest absolute Gasteiger partial charge is 0.461 e. The molecule has 4 heterocycles. The molecule has 13 nitrogen and oxygen atoms in total. The molecule has 1 aliphatic rings. The normalized spacial score (nSPS) is 20.9. The van der Waals surface area contributed by atoms with Gasteiger partial charge in [0.25, 0.3) is 0 Å². The Hall–Kier alpha value is -3.89. The summed E-state index contributed by atoms with van der Waals surface area (Å²) in [5.74, 6) is 0.830. The van der Waals surface area contributed by atoms with E-state index in [1.165, 1.54) is 6.33 Å².